The minimum absolute atomic E-state index is 0.0470. The van der Waals surface area contributed by atoms with Gasteiger partial charge in [-0.15, -0.1) is 11.8 Å². The highest BCUT2D eigenvalue weighted by atomic mass is 32.2. The van der Waals surface area contributed by atoms with Gasteiger partial charge < -0.3 is 24.8 Å². The molecule has 0 heterocycles. The van der Waals surface area contributed by atoms with Crippen LogP contribution in [0.5, 0.6) is 0 Å². The highest BCUT2D eigenvalue weighted by Crippen LogP contribution is 2.49. The van der Waals surface area contributed by atoms with Crippen molar-refractivity contribution in [3.05, 3.63) is 167 Å². The third kappa shape index (κ3) is 8.79. The number of carbonyl (C=O) groups excluding carboxylic acids is 2. The molecule has 9 heteroatoms. The van der Waals surface area contributed by atoms with E-state index in [4.69, 9.17) is 9.47 Å². The lowest BCUT2D eigenvalue weighted by Gasteiger charge is -2.38. The van der Waals surface area contributed by atoms with E-state index in [0.717, 1.165) is 38.9 Å². The Kier molecular flexibility index (Phi) is 12.4. The van der Waals surface area contributed by atoms with Crippen LogP contribution >= 0.6 is 11.8 Å². The van der Waals surface area contributed by atoms with Crippen molar-refractivity contribution in [2.24, 2.45) is 0 Å². The number of alkyl carbamates (subject to hydrolysis) is 1. The number of ether oxygens (including phenoxy) is 2. The zero-order valence-electron chi connectivity index (χ0n) is 31.7. The largest absolute Gasteiger partial charge is 0.480 e. The van der Waals surface area contributed by atoms with E-state index >= 15 is 0 Å². The molecule has 2 atom stereocenters. The minimum Gasteiger partial charge on any atom is -0.480 e. The van der Waals surface area contributed by atoms with Crippen LogP contribution in [0.3, 0.4) is 0 Å². The number of hydrogen-bond donors (Lipinski definition) is 2. The van der Waals surface area contributed by atoms with Gasteiger partial charge in [-0.25, -0.2) is 9.59 Å². The molecule has 5 aromatic carbocycles. The van der Waals surface area contributed by atoms with Crippen LogP contribution in [0.4, 0.5) is 4.79 Å². The van der Waals surface area contributed by atoms with E-state index in [1.165, 1.54) is 16.7 Å². The molecule has 0 bridgehead atoms. The maximum Gasteiger partial charge on any atom is 0.407 e. The molecule has 6 rings (SSSR count). The molecule has 2 N–H and O–H groups in total. The van der Waals surface area contributed by atoms with Crippen LogP contribution in [-0.4, -0.2) is 71.2 Å². The molecular weight excluding hydrogens is 709 g/mol. The first-order chi connectivity index (χ1) is 26.5. The Morgan fingerprint density at radius 1 is 0.727 bits per heavy atom. The number of fused-ring (bicyclic) bond motifs is 3. The van der Waals surface area contributed by atoms with Gasteiger partial charge in [-0.2, -0.15) is 0 Å². The standard InChI is InChI=1S/C46H48N2O6S/c1-5-48(41(43(50)51)31-55-46(32-19-9-6-10-20-32,33-21-11-7-12-22-33)34-23-13-8-14-24-34)42(49)40(30-54-45(2,3)4)47-44(52)53-29-39-37-27-17-15-25-35(37)36-26-16-18-28-38(36)39/h6-28,39-41H,5,29-31H2,1-4H3,(H,47,52)(H,50,51)/t40-,41-/m0/s1. The molecule has 0 unspecified atom stereocenters. The monoisotopic (exact) mass is 756 g/mol. The Morgan fingerprint density at radius 2 is 1.18 bits per heavy atom. The highest BCUT2D eigenvalue weighted by molar-refractivity contribution is 8.00. The number of benzene rings is 5. The second-order valence-electron chi connectivity index (χ2n) is 14.5. The van der Waals surface area contributed by atoms with Crippen molar-refractivity contribution in [1.82, 2.24) is 10.2 Å². The number of nitrogens with zero attached hydrogens (tertiary/aromatic N) is 1. The number of carbonyl (C=O) groups is 3. The Balaban J connectivity index is 1.26. The lowest BCUT2D eigenvalue weighted by molar-refractivity contribution is -0.151. The van der Waals surface area contributed by atoms with E-state index in [9.17, 15) is 19.5 Å². The first kappa shape index (κ1) is 39.3. The maximum absolute atomic E-state index is 14.5. The molecule has 0 spiro atoms. The van der Waals surface area contributed by atoms with Crippen LogP contribution in [0, 0.1) is 0 Å². The minimum atomic E-state index is -1.24. The van der Waals surface area contributed by atoms with Gasteiger partial charge in [0.25, 0.3) is 0 Å². The lowest BCUT2D eigenvalue weighted by atomic mass is 9.84. The maximum atomic E-state index is 14.5. The van der Waals surface area contributed by atoms with E-state index < -0.39 is 40.4 Å². The van der Waals surface area contributed by atoms with Crippen molar-refractivity contribution in [3.8, 4) is 11.1 Å². The summed E-state index contributed by atoms with van der Waals surface area (Å²) in [5, 5.41) is 13.5. The molecule has 284 valence electrons. The summed E-state index contributed by atoms with van der Waals surface area (Å²) in [5.74, 6) is -1.84. The summed E-state index contributed by atoms with van der Waals surface area (Å²) >= 11 is 1.46. The topological polar surface area (TPSA) is 105 Å². The van der Waals surface area contributed by atoms with E-state index in [1.54, 1.807) is 6.92 Å². The average molecular weight is 757 g/mol. The van der Waals surface area contributed by atoms with Gasteiger partial charge in [-0.1, -0.05) is 140 Å². The average Bonchev–Trinajstić information content (AvgIpc) is 3.52. The number of nitrogens with one attached hydrogen (secondary N) is 1. The molecule has 0 fully saturated rings. The van der Waals surface area contributed by atoms with Gasteiger partial charge in [0.05, 0.1) is 17.0 Å². The Bertz CT molecular complexity index is 1930. The summed E-state index contributed by atoms with van der Waals surface area (Å²) < 4.78 is 11.1. The zero-order chi connectivity index (χ0) is 39.0. The predicted octanol–water partition coefficient (Wildman–Crippen LogP) is 8.74. The molecule has 0 aromatic heterocycles. The third-order valence-corrected chi connectivity index (χ3v) is 11.5. The summed E-state index contributed by atoms with van der Waals surface area (Å²) in [5.41, 5.74) is 6.63. The first-order valence-corrected chi connectivity index (χ1v) is 19.6. The summed E-state index contributed by atoms with van der Waals surface area (Å²) in [7, 11) is 0. The second kappa shape index (κ2) is 17.4. The molecule has 0 saturated heterocycles. The molecule has 2 amide bonds. The fraction of sp³-hybridized carbons (Fsp3) is 0.283. The number of aliphatic carboxylic acids is 1. The number of carboxylic acid groups (broad SMARTS) is 1. The van der Waals surface area contributed by atoms with Crippen molar-refractivity contribution in [2.75, 3.05) is 25.5 Å². The van der Waals surface area contributed by atoms with Gasteiger partial charge in [0, 0.05) is 18.2 Å². The highest BCUT2D eigenvalue weighted by Gasteiger charge is 2.41. The van der Waals surface area contributed by atoms with Gasteiger partial charge in [0.1, 0.15) is 18.7 Å². The summed E-state index contributed by atoms with van der Waals surface area (Å²) in [6.45, 7) is 7.28. The fourth-order valence-corrected chi connectivity index (χ4v) is 8.93. The van der Waals surface area contributed by atoms with Crippen LogP contribution < -0.4 is 5.32 Å². The fourth-order valence-electron chi connectivity index (χ4n) is 7.29. The molecule has 55 heavy (non-hydrogen) atoms. The van der Waals surface area contributed by atoms with Crippen LogP contribution in [0.25, 0.3) is 11.1 Å². The smallest absolute Gasteiger partial charge is 0.407 e. The van der Waals surface area contributed by atoms with E-state index in [-0.39, 0.29) is 31.4 Å². The number of amides is 2. The Morgan fingerprint density at radius 3 is 1.62 bits per heavy atom. The summed E-state index contributed by atoms with van der Waals surface area (Å²) in [6, 6.07) is 43.7. The lowest BCUT2D eigenvalue weighted by Crippen LogP contribution is -2.57. The quantitative estimate of drug-likeness (QED) is 0.103. The number of hydrogen-bond acceptors (Lipinski definition) is 6. The molecule has 5 aromatic rings. The van der Waals surface area contributed by atoms with Crippen molar-refractivity contribution in [3.63, 3.8) is 0 Å². The van der Waals surface area contributed by atoms with Crippen molar-refractivity contribution in [1.29, 1.82) is 0 Å². The van der Waals surface area contributed by atoms with Crippen LogP contribution in [0.2, 0.25) is 0 Å². The third-order valence-electron chi connectivity index (χ3n) is 9.90. The van der Waals surface area contributed by atoms with Crippen LogP contribution in [0.1, 0.15) is 61.4 Å². The number of carboxylic acids is 1. The van der Waals surface area contributed by atoms with Gasteiger partial charge in [-0.05, 0) is 66.6 Å². The zero-order valence-corrected chi connectivity index (χ0v) is 32.5. The van der Waals surface area contributed by atoms with E-state index in [0.29, 0.717) is 0 Å². The first-order valence-electron chi connectivity index (χ1n) is 18.6. The van der Waals surface area contributed by atoms with Gasteiger partial charge in [0.15, 0.2) is 0 Å². The molecule has 8 nitrogen and oxygen atoms in total. The predicted molar refractivity (Wildman–Crippen MR) is 218 cm³/mol. The van der Waals surface area contributed by atoms with Crippen molar-refractivity contribution < 1.29 is 29.0 Å². The number of rotatable bonds is 15. The molecule has 0 radical (unpaired) electrons. The molecule has 0 saturated carbocycles. The van der Waals surface area contributed by atoms with Gasteiger partial charge in [0.2, 0.25) is 5.91 Å². The van der Waals surface area contributed by atoms with E-state index in [2.05, 4.69) is 17.4 Å². The van der Waals surface area contributed by atoms with Crippen molar-refractivity contribution in [2.45, 2.75) is 56.0 Å². The molecule has 1 aliphatic carbocycles. The SMILES string of the molecule is CCN(C(=O)[C@H](COC(C)(C)C)NC(=O)OCC1c2ccccc2-c2ccccc21)[C@@H](CSC(c1ccccc1)(c1ccccc1)c1ccccc1)C(=O)O. The van der Waals surface area contributed by atoms with Gasteiger partial charge >= 0.3 is 12.1 Å². The summed E-state index contributed by atoms with van der Waals surface area (Å²) in [4.78, 5) is 42.5. The van der Waals surface area contributed by atoms with Crippen LogP contribution in [-0.2, 0) is 23.8 Å². The molecule has 0 aliphatic heterocycles. The molecule has 1 aliphatic rings. The normalized spacial score (nSPS) is 13.6. The van der Waals surface area contributed by atoms with E-state index in [1.807, 2.05) is 148 Å². The summed E-state index contributed by atoms with van der Waals surface area (Å²) in [6.07, 6.45) is -0.786. The molecular formula is C46H48N2O6S. The van der Waals surface area contributed by atoms with Crippen molar-refractivity contribution >= 4 is 29.7 Å². The second-order valence-corrected chi connectivity index (χ2v) is 15.7. The number of likely N-dealkylation sites (N-methyl/N-ethyl adjacent to an activating group) is 1. The Hall–Kier alpha value is -5.38. The Labute approximate surface area is 327 Å². The van der Waals surface area contributed by atoms with Crippen LogP contribution in [0.15, 0.2) is 140 Å². The number of thioether (sulfide) groups is 1. The van der Waals surface area contributed by atoms with Gasteiger partial charge in [-0.3, -0.25) is 4.79 Å².